The first-order chi connectivity index (χ1) is 4.10. The van der Waals surface area contributed by atoms with E-state index in [-0.39, 0.29) is 5.41 Å². The third-order valence-electron chi connectivity index (χ3n) is 1.53. The lowest BCUT2D eigenvalue weighted by molar-refractivity contribution is 0.462. The lowest BCUT2D eigenvalue weighted by Gasteiger charge is -2.20. The minimum atomic E-state index is 0.277. The average molecular weight is 121 g/mol. The largest absolute Gasteiger partial charge is 0.0834 e. The van der Waals surface area contributed by atoms with E-state index < -0.39 is 0 Å². The van der Waals surface area contributed by atoms with Gasteiger partial charge in [0.15, 0.2) is 0 Å². The van der Waals surface area contributed by atoms with Crippen molar-refractivity contribution in [3.63, 3.8) is 0 Å². The van der Waals surface area contributed by atoms with Crippen molar-refractivity contribution in [3.05, 3.63) is 23.8 Å². The maximum atomic E-state index is 3.39. The molecule has 1 aliphatic rings. The quantitative estimate of drug-likeness (QED) is 0.462. The van der Waals surface area contributed by atoms with Gasteiger partial charge >= 0.3 is 0 Å². The van der Waals surface area contributed by atoms with Gasteiger partial charge in [0.2, 0.25) is 0 Å². The second-order valence-corrected chi connectivity index (χ2v) is 3.30. The highest BCUT2D eigenvalue weighted by Crippen LogP contribution is 2.27. The van der Waals surface area contributed by atoms with Crippen molar-refractivity contribution in [2.24, 2.45) is 5.41 Å². The standard InChI is InChI=1S/C9H13/c1-8-5-4-6-9(2,3)7-8/h4-5H,6H2,1-3H3. The van der Waals surface area contributed by atoms with Gasteiger partial charge in [-0.05, 0) is 30.4 Å². The zero-order chi connectivity index (χ0) is 6.91. The Kier molecular flexibility index (Phi) is 1.48. The summed E-state index contributed by atoms with van der Waals surface area (Å²) in [5.41, 5.74) is 1.55. The molecule has 0 aromatic rings. The van der Waals surface area contributed by atoms with E-state index >= 15 is 0 Å². The summed E-state index contributed by atoms with van der Waals surface area (Å²) in [4.78, 5) is 0. The first kappa shape index (κ1) is 6.60. The lowest BCUT2D eigenvalue weighted by Crippen LogP contribution is -2.09. The molecule has 1 aliphatic carbocycles. The summed E-state index contributed by atoms with van der Waals surface area (Å²) in [6, 6.07) is 0. The van der Waals surface area contributed by atoms with Crippen LogP contribution >= 0.6 is 0 Å². The zero-order valence-electron chi connectivity index (χ0n) is 6.36. The van der Waals surface area contributed by atoms with Gasteiger partial charge in [-0.25, -0.2) is 0 Å². The van der Waals surface area contributed by atoms with Crippen LogP contribution in [0.2, 0.25) is 0 Å². The molecule has 0 N–H and O–H groups in total. The van der Waals surface area contributed by atoms with Crippen LogP contribution < -0.4 is 0 Å². The maximum absolute atomic E-state index is 3.39. The van der Waals surface area contributed by atoms with Crippen LogP contribution in [-0.4, -0.2) is 0 Å². The Morgan fingerprint density at radius 1 is 1.56 bits per heavy atom. The van der Waals surface area contributed by atoms with Gasteiger partial charge in [-0.3, -0.25) is 0 Å². The molecule has 0 nitrogen and oxygen atoms in total. The fourth-order valence-electron chi connectivity index (χ4n) is 1.16. The molecule has 9 heavy (non-hydrogen) atoms. The molecular formula is C9H13. The van der Waals surface area contributed by atoms with Crippen molar-refractivity contribution < 1.29 is 0 Å². The summed E-state index contributed by atoms with van der Waals surface area (Å²) in [6.07, 6.45) is 8.86. The van der Waals surface area contributed by atoms with Crippen LogP contribution in [0.25, 0.3) is 0 Å². The zero-order valence-corrected chi connectivity index (χ0v) is 6.36. The van der Waals surface area contributed by atoms with Crippen molar-refractivity contribution in [2.75, 3.05) is 0 Å². The predicted octanol–water partition coefficient (Wildman–Crippen LogP) is 2.72. The van der Waals surface area contributed by atoms with Crippen molar-refractivity contribution >= 4 is 0 Å². The normalized spacial score (nSPS) is 23.7. The third-order valence-corrected chi connectivity index (χ3v) is 1.53. The van der Waals surface area contributed by atoms with E-state index in [1.807, 2.05) is 0 Å². The molecule has 0 spiro atoms. The molecule has 0 saturated heterocycles. The maximum Gasteiger partial charge on any atom is -0.00633 e. The summed E-state index contributed by atoms with van der Waals surface area (Å²) in [5, 5.41) is 0. The molecule has 0 atom stereocenters. The first-order valence-corrected chi connectivity index (χ1v) is 3.38. The minimum absolute atomic E-state index is 0.277. The highest BCUT2D eigenvalue weighted by Gasteiger charge is 2.15. The Morgan fingerprint density at radius 2 is 2.22 bits per heavy atom. The molecule has 0 fully saturated rings. The van der Waals surface area contributed by atoms with Gasteiger partial charge < -0.3 is 0 Å². The molecule has 0 saturated carbocycles. The van der Waals surface area contributed by atoms with Gasteiger partial charge in [-0.15, -0.1) is 0 Å². The fraction of sp³-hybridized carbons (Fsp3) is 0.556. The number of hydrogen-bond donors (Lipinski definition) is 0. The molecule has 0 aromatic heterocycles. The van der Waals surface area contributed by atoms with Gasteiger partial charge in [0, 0.05) is 0 Å². The molecule has 49 valence electrons. The van der Waals surface area contributed by atoms with E-state index in [0.717, 1.165) is 6.42 Å². The molecule has 0 bridgehead atoms. The van der Waals surface area contributed by atoms with Crippen LogP contribution in [-0.2, 0) is 0 Å². The lowest BCUT2D eigenvalue weighted by atomic mass is 9.84. The molecule has 0 aliphatic heterocycles. The number of rotatable bonds is 0. The monoisotopic (exact) mass is 121 g/mol. The molecule has 0 unspecified atom stereocenters. The highest BCUT2D eigenvalue weighted by atomic mass is 14.2. The topological polar surface area (TPSA) is 0 Å². The van der Waals surface area contributed by atoms with Crippen LogP contribution in [0.1, 0.15) is 27.2 Å². The van der Waals surface area contributed by atoms with E-state index in [2.05, 4.69) is 39.0 Å². The van der Waals surface area contributed by atoms with E-state index in [9.17, 15) is 0 Å². The van der Waals surface area contributed by atoms with Crippen LogP contribution in [0.4, 0.5) is 0 Å². The Labute approximate surface area is 57.3 Å². The summed E-state index contributed by atoms with van der Waals surface area (Å²) >= 11 is 0. The van der Waals surface area contributed by atoms with E-state index in [1.54, 1.807) is 0 Å². The highest BCUT2D eigenvalue weighted by molar-refractivity contribution is 5.19. The third kappa shape index (κ3) is 1.70. The van der Waals surface area contributed by atoms with Gasteiger partial charge in [-0.2, -0.15) is 0 Å². The van der Waals surface area contributed by atoms with E-state index in [1.165, 1.54) is 5.57 Å². The van der Waals surface area contributed by atoms with Gasteiger partial charge in [0.1, 0.15) is 0 Å². The average Bonchev–Trinajstić information content (AvgIpc) is 1.60. The predicted molar refractivity (Wildman–Crippen MR) is 40.0 cm³/mol. The molecule has 0 aromatic carbocycles. The van der Waals surface area contributed by atoms with Crippen LogP contribution in [0.3, 0.4) is 0 Å². The summed E-state index contributed by atoms with van der Waals surface area (Å²) in [6.45, 7) is 6.51. The molecule has 1 radical (unpaired) electrons. The van der Waals surface area contributed by atoms with Gasteiger partial charge in [0.25, 0.3) is 0 Å². The first-order valence-electron chi connectivity index (χ1n) is 3.38. The fourth-order valence-corrected chi connectivity index (χ4v) is 1.16. The molecular weight excluding hydrogens is 108 g/mol. The van der Waals surface area contributed by atoms with Crippen molar-refractivity contribution in [1.29, 1.82) is 0 Å². The van der Waals surface area contributed by atoms with E-state index in [4.69, 9.17) is 0 Å². The summed E-state index contributed by atoms with van der Waals surface area (Å²) in [7, 11) is 0. The van der Waals surface area contributed by atoms with Crippen molar-refractivity contribution in [3.8, 4) is 0 Å². The van der Waals surface area contributed by atoms with Gasteiger partial charge in [0.05, 0.1) is 0 Å². The summed E-state index contributed by atoms with van der Waals surface area (Å²) < 4.78 is 0. The molecule has 0 heteroatoms. The SMILES string of the molecule is CC1=[C]C(C)(C)CC=C1. The molecule has 1 rings (SSSR count). The Bertz CT molecular complexity index is 159. The Hall–Kier alpha value is -0.520. The van der Waals surface area contributed by atoms with Crippen molar-refractivity contribution in [1.82, 2.24) is 0 Å². The van der Waals surface area contributed by atoms with Crippen molar-refractivity contribution in [2.45, 2.75) is 27.2 Å². The van der Waals surface area contributed by atoms with E-state index in [0.29, 0.717) is 0 Å². The Morgan fingerprint density at radius 3 is 2.56 bits per heavy atom. The van der Waals surface area contributed by atoms with Crippen LogP contribution in [0, 0.1) is 11.5 Å². The van der Waals surface area contributed by atoms with Gasteiger partial charge in [-0.1, -0.05) is 26.0 Å². The number of hydrogen-bond acceptors (Lipinski definition) is 0. The number of allylic oxidation sites excluding steroid dienone is 4. The smallest absolute Gasteiger partial charge is 0.00633 e. The molecule has 0 heterocycles. The summed E-state index contributed by atoms with van der Waals surface area (Å²) in [5.74, 6) is 0. The van der Waals surface area contributed by atoms with Crippen LogP contribution in [0.15, 0.2) is 17.7 Å². The molecule has 0 amide bonds. The Balaban J connectivity index is 2.78. The second kappa shape index (κ2) is 2.02. The van der Waals surface area contributed by atoms with Crippen LogP contribution in [0.5, 0.6) is 0 Å². The minimum Gasteiger partial charge on any atom is -0.0834 e. The second-order valence-electron chi connectivity index (χ2n) is 3.30.